The number of imidazole rings is 1. The topological polar surface area (TPSA) is 175 Å². The Morgan fingerprint density at radius 1 is 0.976 bits per heavy atom. The van der Waals surface area contributed by atoms with Crippen LogP contribution in [0.2, 0.25) is 0 Å². The van der Waals surface area contributed by atoms with Crippen LogP contribution in [0.1, 0.15) is 33.5 Å². The van der Waals surface area contributed by atoms with Gasteiger partial charge >= 0.3 is 0 Å². The maximum Gasteiger partial charge on any atom is 0.248 e. The number of hydrogen-bond donors (Lipinski definition) is 3. The van der Waals surface area contributed by atoms with Crippen molar-refractivity contribution >= 4 is 22.9 Å². The highest BCUT2D eigenvalue weighted by Gasteiger charge is 2.20. The van der Waals surface area contributed by atoms with Crippen LogP contribution in [0, 0.1) is 11.3 Å². The van der Waals surface area contributed by atoms with Crippen LogP contribution in [-0.2, 0) is 12.8 Å². The van der Waals surface area contributed by atoms with Crippen molar-refractivity contribution in [1.82, 2.24) is 29.3 Å². The number of amides is 1. The minimum Gasteiger partial charge on any atom is -0.507 e. The number of nitrogens with zero attached hydrogens (tertiary/aromatic N) is 7. The van der Waals surface area contributed by atoms with Crippen molar-refractivity contribution in [2.24, 2.45) is 5.73 Å². The highest BCUT2D eigenvalue weighted by molar-refractivity contribution is 5.93. The normalized spacial score (nSPS) is 11.9. The van der Waals surface area contributed by atoms with Crippen LogP contribution < -0.4 is 11.5 Å². The van der Waals surface area contributed by atoms with Crippen LogP contribution in [0.3, 0.4) is 0 Å². The summed E-state index contributed by atoms with van der Waals surface area (Å²) in [6.07, 6.45) is 8.76. The zero-order chi connectivity index (χ0) is 29.2. The summed E-state index contributed by atoms with van der Waals surface area (Å²) in [6, 6.07) is 21.8. The number of hydrogen-bond acceptors (Lipinski definition) is 8. The molecule has 206 valence electrons. The number of phenols is 1. The molecule has 1 aliphatic rings. The number of nitrogen functional groups attached to an aromatic ring is 1. The van der Waals surface area contributed by atoms with E-state index >= 15 is 0 Å². The predicted molar refractivity (Wildman–Crippen MR) is 157 cm³/mol. The van der Waals surface area contributed by atoms with Crippen molar-refractivity contribution in [3.8, 4) is 34.7 Å². The van der Waals surface area contributed by atoms with Gasteiger partial charge in [0, 0.05) is 29.8 Å². The number of pyridine rings is 2. The molecule has 0 unspecified atom stereocenters. The number of carbonyl (C=O) groups is 1. The molecule has 0 atom stereocenters. The Kier molecular flexibility index (Phi) is 6.78. The lowest BCUT2D eigenvalue weighted by molar-refractivity contribution is 0.1000. The third-order valence-corrected chi connectivity index (χ3v) is 7.05. The van der Waals surface area contributed by atoms with Gasteiger partial charge in [-0.2, -0.15) is 10.4 Å². The lowest BCUT2D eigenvalue weighted by atomic mass is 10.1. The average Bonchev–Trinajstić information content (AvgIpc) is 3.77. The maximum atomic E-state index is 10.6. The van der Waals surface area contributed by atoms with Crippen LogP contribution in [0.4, 0.5) is 5.82 Å². The third kappa shape index (κ3) is 4.89. The van der Waals surface area contributed by atoms with Crippen LogP contribution in [0.15, 0.2) is 85.3 Å². The molecule has 0 bridgehead atoms. The fraction of sp³-hybridized carbons (Fsp3) is 0.0968. The lowest BCUT2D eigenvalue weighted by Crippen LogP contribution is -2.10. The SMILES string of the molecule is N#Cc1cc(C(N)=O)ccc1O.Nc1ncccc1-c1nc2ccc(-n3cccn3)nc2n1-c1ccc2c(c1)CCC2. The van der Waals surface area contributed by atoms with E-state index in [0.717, 1.165) is 46.9 Å². The molecular formula is C31H25N9O2. The molecule has 0 saturated heterocycles. The summed E-state index contributed by atoms with van der Waals surface area (Å²) in [6.45, 7) is 0. The second-order valence-corrected chi connectivity index (χ2v) is 9.68. The zero-order valence-electron chi connectivity index (χ0n) is 22.3. The number of fused-ring (bicyclic) bond motifs is 2. The number of rotatable bonds is 4. The van der Waals surface area contributed by atoms with E-state index < -0.39 is 5.91 Å². The average molecular weight is 556 g/mol. The number of phenolic OH excluding ortho intramolecular Hbond substituents is 1. The summed E-state index contributed by atoms with van der Waals surface area (Å²) in [5, 5.41) is 21.8. The Labute approximate surface area is 240 Å². The quantitative estimate of drug-likeness (QED) is 0.291. The first-order valence-electron chi connectivity index (χ1n) is 13.2. The first-order valence-corrected chi connectivity index (χ1v) is 13.2. The van der Waals surface area contributed by atoms with Crippen molar-refractivity contribution in [2.45, 2.75) is 19.3 Å². The van der Waals surface area contributed by atoms with Gasteiger partial charge in [-0.3, -0.25) is 9.36 Å². The van der Waals surface area contributed by atoms with Gasteiger partial charge in [0.25, 0.3) is 0 Å². The molecule has 0 radical (unpaired) electrons. The van der Waals surface area contributed by atoms with Gasteiger partial charge in [-0.15, -0.1) is 0 Å². The monoisotopic (exact) mass is 555 g/mol. The van der Waals surface area contributed by atoms with Crippen molar-refractivity contribution < 1.29 is 9.90 Å². The second-order valence-electron chi connectivity index (χ2n) is 9.68. The molecule has 11 nitrogen and oxygen atoms in total. The molecule has 4 aromatic heterocycles. The number of benzene rings is 2. The van der Waals surface area contributed by atoms with Crippen LogP contribution in [0.25, 0.3) is 34.1 Å². The largest absolute Gasteiger partial charge is 0.507 e. The van der Waals surface area contributed by atoms with E-state index in [2.05, 4.69) is 32.8 Å². The summed E-state index contributed by atoms with van der Waals surface area (Å²) in [5.74, 6) is 1.15. The van der Waals surface area contributed by atoms with Crippen molar-refractivity contribution in [3.63, 3.8) is 0 Å². The molecule has 7 rings (SSSR count). The van der Waals surface area contributed by atoms with E-state index in [1.54, 1.807) is 23.1 Å². The van der Waals surface area contributed by atoms with Crippen molar-refractivity contribution in [2.75, 3.05) is 5.73 Å². The molecule has 2 aromatic carbocycles. The number of aromatic nitrogens is 6. The third-order valence-electron chi connectivity index (χ3n) is 7.05. The maximum absolute atomic E-state index is 10.6. The molecule has 11 heteroatoms. The van der Waals surface area contributed by atoms with E-state index in [1.807, 2.05) is 36.5 Å². The summed E-state index contributed by atoms with van der Waals surface area (Å²) in [5.41, 5.74) is 17.6. The fourth-order valence-corrected chi connectivity index (χ4v) is 4.99. The van der Waals surface area contributed by atoms with E-state index in [1.165, 1.54) is 35.7 Å². The molecule has 5 N–H and O–H groups in total. The molecule has 0 fully saturated rings. The minimum absolute atomic E-state index is 0.0475. The molecule has 42 heavy (non-hydrogen) atoms. The van der Waals surface area contributed by atoms with Crippen LogP contribution in [-0.4, -0.2) is 40.3 Å². The van der Waals surface area contributed by atoms with E-state index in [9.17, 15) is 4.79 Å². The summed E-state index contributed by atoms with van der Waals surface area (Å²) in [4.78, 5) is 24.7. The Morgan fingerprint density at radius 2 is 1.83 bits per heavy atom. The van der Waals surface area contributed by atoms with Crippen LogP contribution >= 0.6 is 0 Å². The Balaban J connectivity index is 0.000000223. The zero-order valence-corrected chi connectivity index (χ0v) is 22.3. The number of primary amides is 1. The molecule has 6 aromatic rings. The van der Waals surface area contributed by atoms with E-state index in [4.69, 9.17) is 31.8 Å². The smallest absolute Gasteiger partial charge is 0.248 e. The Hall–Kier alpha value is -6.02. The molecule has 0 spiro atoms. The Morgan fingerprint density at radius 3 is 2.60 bits per heavy atom. The number of carbonyl (C=O) groups excluding carboxylic acids is 1. The number of aromatic hydroxyl groups is 1. The van der Waals surface area contributed by atoms with Gasteiger partial charge in [-0.25, -0.2) is 19.6 Å². The highest BCUT2D eigenvalue weighted by atomic mass is 16.3. The van der Waals surface area contributed by atoms with E-state index in [-0.39, 0.29) is 16.9 Å². The van der Waals surface area contributed by atoms with Gasteiger partial charge in [-0.05, 0) is 91.1 Å². The lowest BCUT2D eigenvalue weighted by Gasteiger charge is -2.12. The minimum atomic E-state index is -0.619. The summed E-state index contributed by atoms with van der Waals surface area (Å²) in [7, 11) is 0. The molecule has 0 aliphatic heterocycles. The molecule has 1 aliphatic carbocycles. The van der Waals surface area contributed by atoms with Gasteiger partial charge in [0.2, 0.25) is 5.91 Å². The number of nitriles is 1. The van der Waals surface area contributed by atoms with Crippen molar-refractivity contribution in [3.05, 3.63) is 108 Å². The highest BCUT2D eigenvalue weighted by Crippen LogP contribution is 2.32. The van der Waals surface area contributed by atoms with Crippen molar-refractivity contribution in [1.29, 1.82) is 5.26 Å². The van der Waals surface area contributed by atoms with Crippen LogP contribution in [0.5, 0.6) is 5.75 Å². The number of anilines is 1. The number of aryl methyl sites for hydroxylation is 2. The predicted octanol–water partition coefficient (Wildman–Crippen LogP) is 4.10. The van der Waals surface area contributed by atoms with Gasteiger partial charge in [0.15, 0.2) is 17.3 Å². The van der Waals surface area contributed by atoms with Gasteiger partial charge in [0.1, 0.15) is 23.2 Å². The van der Waals surface area contributed by atoms with Gasteiger partial charge < -0.3 is 16.6 Å². The van der Waals surface area contributed by atoms with Gasteiger partial charge in [-0.1, -0.05) is 6.07 Å². The fourth-order valence-electron chi connectivity index (χ4n) is 4.99. The Bertz CT molecular complexity index is 1990. The van der Waals surface area contributed by atoms with E-state index in [0.29, 0.717) is 5.82 Å². The second kappa shape index (κ2) is 10.9. The molecule has 0 saturated carbocycles. The first-order chi connectivity index (χ1) is 20.4. The molecule has 1 amide bonds. The number of nitrogens with two attached hydrogens (primary N) is 2. The van der Waals surface area contributed by atoms with Gasteiger partial charge in [0.05, 0.1) is 11.1 Å². The first kappa shape index (κ1) is 26.2. The molecular weight excluding hydrogens is 530 g/mol. The summed E-state index contributed by atoms with van der Waals surface area (Å²) < 4.78 is 3.83. The molecule has 4 heterocycles. The standard InChI is InChI=1S/C23H19N7.C8H6N2O2/c24-21-18(6-2-11-25-21)22-27-19-9-10-20(29-13-3-12-26-29)28-23(19)30(22)17-8-7-15-4-1-5-16(15)14-17;9-4-6-3-5(8(10)12)1-2-7(6)11/h2-3,6-14H,1,4-5H2,(H2,24,25);1-3,11H,(H2,10,12). The summed E-state index contributed by atoms with van der Waals surface area (Å²) >= 11 is 0.